The van der Waals surface area contributed by atoms with Crippen molar-refractivity contribution in [3.63, 3.8) is 0 Å². The Bertz CT molecular complexity index is 654. The Balaban J connectivity index is 2.56. The quantitative estimate of drug-likeness (QED) is 0.843. The number of hydrogen-bond donors (Lipinski definition) is 1. The molecule has 0 fully saturated rings. The molecule has 0 aliphatic carbocycles. The summed E-state index contributed by atoms with van der Waals surface area (Å²) in [5, 5.41) is 2.70. The predicted molar refractivity (Wildman–Crippen MR) is 80.1 cm³/mol. The van der Waals surface area contributed by atoms with Gasteiger partial charge in [-0.2, -0.15) is 0 Å². The topological polar surface area (TPSA) is 89.9 Å². The first-order valence-corrected chi connectivity index (χ1v) is 6.88. The van der Waals surface area contributed by atoms with E-state index in [2.05, 4.69) is 15.3 Å². The number of hydrogen-bond acceptors (Lipinski definition) is 6. The van der Waals surface area contributed by atoms with Crippen molar-refractivity contribution in [3.05, 3.63) is 23.4 Å². The second-order valence-corrected chi connectivity index (χ2v) is 5.46. The highest BCUT2D eigenvalue weighted by Crippen LogP contribution is 2.27. The molecule has 1 unspecified atom stereocenters. The first-order valence-electron chi connectivity index (χ1n) is 6.88. The van der Waals surface area contributed by atoms with E-state index in [0.717, 1.165) is 0 Å². The lowest BCUT2D eigenvalue weighted by molar-refractivity contribution is -0.124. The number of aliphatic imine (C=N–C) groups is 1. The number of esters is 1. The Morgan fingerprint density at radius 2 is 2.00 bits per heavy atom. The number of nitrogens with zero attached hydrogens (tertiary/aromatic N) is 2. The van der Waals surface area contributed by atoms with Gasteiger partial charge in [0.2, 0.25) is 5.88 Å². The molecule has 0 saturated heterocycles. The lowest BCUT2D eigenvalue weighted by Crippen LogP contribution is -2.41. The summed E-state index contributed by atoms with van der Waals surface area (Å²) in [6, 6.07) is 3.08. The van der Waals surface area contributed by atoms with Crippen LogP contribution in [0, 0.1) is 5.92 Å². The third kappa shape index (κ3) is 2.54. The zero-order chi connectivity index (χ0) is 16.5. The minimum Gasteiger partial charge on any atom is -0.481 e. The van der Waals surface area contributed by atoms with Crippen molar-refractivity contribution in [2.45, 2.75) is 26.3 Å². The maximum absolute atomic E-state index is 12.2. The van der Waals surface area contributed by atoms with Crippen LogP contribution in [-0.2, 0) is 9.53 Å². The summed E-state index contributed by atoms with van der Waals surface area (Å²) in [6.45, 7) is 5.57. The fraction of sp³-hybridized carbons (Fsp3) is 0.467. The lowest BCUT2D eigenvalue weighted by Gasteiger charge is -2.21. The van der Waals surface area contributed by atoms with Crippen LogP contribution >= 0.6 is 0 Å². The van der Waals surface area contributed by atoms with Crippen LogP contribution in [0.1, 0.15) is 36.8 Å². The second-order valence-electron chi connectivity index (χ2n) is 5.46. The van der Waals surface area contributed by atoms with Gasteiger partial charge in [0.15, 0.2) is 5.84 Å². The van der Waals surface area contributed by atoms with Crippen LogP contribution in [0.2, 0.25) is 0 Å². The maximum atomic E-state index is 12.2. The van der Waals surface area contributed by atoms with E-state index in [0.29, 0.717) is 5.88 Å². The Kier molecular flexibility index (Phi) is 4.16. The Hall–Kier alpha value is -2.44. The molecule has 7 nitrogen and oxygen atoms in total. The minimum atomic E-state index is -0.895. The van der Waals surface area contributed by atoms with E-state index in [1.807, 2.05) is 13.8 Å². The van der Waals surface area contributed by atoms with Gasteiger partial charge in [-0.05, 0) is 18.9 Å². The number of carbonyl (C=O) groups is 2. The van der Waals surface area contributed by atoms with E-state index in [1.165, 1.54) is 20.3 Å². The number of amides is 1. The molecule has 1 N–H and O–H groups in total. The second kappa shape index (κ2) is 5.75. The normalized spacial score (nSPS) is 20.6. The number of rotatable bonds is 4. The Labute approximate surface area is 128 Å². The molecule has 0 bridgehead atoms. The third-order valence-electron chi connectivity index (χ3n) is 3.87. The molecule has 118 valence electrons. The molecule has 0 saturated carbocycles. The Morgan fingerprint density at radius 1 is 1.32 bits per heavy atom. The van der Waals surface area contributed by atoms with Crippen molar-refractivity contribution in [3.8, 4) is 5.88 Å². The number of ether oxygens (including phenoxy) is 2. The number of methoxy groups -OCH3 is 2. The SMILES string of the molecule is COC(=O)c1ccc(OC)nc1C1=NC(C)(C(C)C)C(=O)N1. The van der Waals surface area contributed by atoms with Gasteiger partial charge in [0, 0.05) is 6.07 Å². The summed E-state index contributed by atoms with van der Waals surface area (Å²) in [6.07, 6.45) is 0. The van der Waals surface area contributed by atoms with Crippen molar-refractivity contribution in [2.24, 2.45) is 10.9 Å². The van der Waals surface area contributed by atoms with Gasteiger partial charge < -0.3 is 14.8 Å². The minimum absolute atomic E-state index is 0.00261. The van der Waals surface area contributed by atoms with Crippen LogP contribution in [0.15, 0.2) is 17.1 Å². The van der Waals surface area contributed by atoms with Gasteiger partial charge in [0.05, 0.1) is 19.8 Å². The van der Waals surface area contributed by atoms with Crippen LogP contribution in [-0.4, -0.2) is 42.5 Å². The molecule has 1 aliphatic heterocycles. The molecule has 0 spiro atoms. The smallest absolute Gasteiger partial charge is 0.340 e. The summed E-state index contributed by atoms with van der Waals surface area (Å²) in [7, 11) is 2.75. The number of nitrogens with one attached hydrogen (secondary N) is 1. The molecule has 1 aliphatic rings. The lowest BCUT2D eigenvalue weighted by atomic mass is 9.89. The molecule has 22 heavy (non-hydrogen) atoms. The first kappa shape index (κ1) is 15.9. The highest BCUT2D eigenvalue weighted by atomic mass is 16.5. The van der Waals surface area contributed by atoms with Crippen LogP contribution in [0.25, 0.3) is 0 Å². The van der Waals surface area contributed by atoms with Crippen molar-refractivity contribution >= 4 is 17.7 Å². The molecular weight excluding hydrogens is 286 g/mol. The molecule has 1 amide bonds. The van der Waals surface area contributed by atoms with Crippen LogP contribution in [0.3, 0.4) is 0 Å². The molecular formula is C15H19N3O4. The zero-order valence-electron chi connectivity index (χ0n) is 13.3. The molecule has 1 atom stereocenters. The molecule has 0 radical (unpaired) electrons. The largest absolute Gasteiger partial charge is 0.481 e. The first-order chi connectivity index (χ1) is 10.3. The van der Waals surface area contributed by atoms with Crippen molar-refractivity contribution in [1.29, 1.82) is 0 Å². The summed E-state index contributed by atoms with van der Waals surface area (Å²) in [5.74, 6) is -0.214. The van der Waals surface area contributed by atoms with Crippen molar-refractivity contribution in [1.82, 2.24) is 10.3 Å². The molecule has 2 heterocycles. The fourth-order valence-corrected chi connectivity index (χ4v) is 2.06. The number of amidine groups is 1. The van der Waals surface area contributed by atoms with E-state index in [-0.39, 0.29) is 28.9 Å². The average Bonchev–Trinajstić information content (AvgIpc) is 2.82. The maximum Gasteiger partial charge on any atom is 0.340 e. The molecule has 0 aromatic carbocycles. The summed E-state index contributed by atoms with van der Waals surface area (Å²) < 4.78 is 9.83. The van der Waals surface area contributed by atoms with E-state index >= 15 is 0 Å². The molecule has 2 rings (SSSR count). The van der Waals surface area contributed by atoms with Crippen LogP contribution in [0.4, 0.5) is 0 Å². The van der Waals surface area contributed by atoms with Crippen molar-refractivity contribution < 1.29 is 19.1 Å². The van der Waals surface area contributed by atoms with Gasteiger partial charge in [-0.15, -0.1) is 0 Å². The number of pyridine rings is 1. The summed E-state index contributed by atoms with van der Waals surface area (Å²) in [4.78, 5) is 32.8. The van der Waals surface area contributed by atoms with Gasteiger partial charge in [0.1, 0.15) is 11.2 Å². The monoisotopic (exact) mass is 305 g/mol. The highest BCUT2D eigenvalue weighted by molar-refractivity contribution is 6.17. The van der Waals surface area contributed by atoms with E-state index in [4.69, 9.17) is 9.47 Å². The van der Waals surface area contributed by atoms with Crippen molar-refractivity contribution in [2.75, 3.05) is 14.2 Å². The molecule has 7 heteroatoms. The van der Waals surface area contributed by atoms with Gasteiger partial charge >= 0.3 is 5.97 Å². The standard InChI is InChI=1S/C15H19N3O4/c1-8(2)15(3)14(20)17-12(18-15)11-9(13(19)22-5)6-7-10(16-11)21-4/h6-8H,1-5H3,(H,17,18,20). The van der Waals surface area contributed by atoms with E-state index < -0.39 is 11.5 Å². The number of aromatic nitrogens is 1. The van der Waals surface area contributed by atoms with E-state index in [1.54, 1.807) is 13.0 Å². The summed E-state index contributed by atoms with van der Waals surface area (Å²) >= 11 is 0. The van der Waals surface area contributed by atoms with Gasteiger partial charge in [-0.25, -0.2) is 14.8 Å². The van der Waals surface area contributed by atoms with Gasteiger partial charge in [-0.3, -0.25) is 4.79 Å². The van der Waals surface area contributed by atoms with Gasteiger partial charge in [0.25, 0.3) is 5.91 Å². The fourth-order valence-electron chi connectivity index (χ4n) is 2.06. The number of carbonyl (C=O) groups excluding carboxylic acids is 2. The molecule has 1 aromatic heterocycles. The van der Waals surface area contributed by atoms with Crippen LogP contribution in [0.5, 0.6) is 5.88 Å². The summed E-state index contributed by atoms with van der Waals surface area (Å²) in [5.41, 5.74) is -0.438. The predicted octanol–water partition coefficient (Wildman–Crippen LogP) is 1.17. The molecule has 1 aromatic rings. The van der Waals surface area contributed by atoms with Crippen LogP contribution < -0.4 is 10.1 Å². The Morgan fingerprint density at radius 3 is 2.50 bits per heavy atom. The van der Waals surface area contributed by atoms with E-state index in [9.17, 15) is 9.59 Å². The average molecular weight is 305 g/mol. The van der Waals surface area contributed by atoms with Gasteiger partial charge in [-0.1, -0.05) is 13.8 Å². The highest BCUT2D eigenvalue weighted by Gasteiger charge is 2.43. The third-order valence-corrected chi connectivity index (χ3v) is 3.87. The zero-order valence-corrected chi connectivity index (χ0v) is 13.3.